The number of hydrazone groups is 1. The van der Waals surface area contributed by atoms with E-state index in [2.05, 4.69) is 41.3 Å². The molecule has 8 heteroatoms. The van der Waals surface area contributed by atoms with E-state index in [1.54, 1.807) is 30.8 Å². The van der Waals surface area contributed by atoms with Gasteiger partial charge in [-0.2, -0.15) is 5.10 Å². The lowest BCUT2D eigenvalue weighted by Crippen LogP contribution is -2.31. The number of halogens is 1. The molecule has 2 rings (SSSR count). The number of aromatic nitrogens is 1. The lowest BCUT2D eigenvalue weighted by molar-refractivity contribution is 0.0731. The number of ether oxygens (including phenoxy) is 1. The SMILES string of the molecule is CC1=CNC(OCC(C=Nc2ccnc(Br)c2)=NN)N=C1. The lowest BCUT2D eigenvalue weighted by atomic mass is 10.3. The summed E-state index contributed by atoms with van der Waals surface area (Å²) in [6.45, 7) is 2.15. The molecule has 0 aliphatic carbocycles. The number of nitrogens with two attached hydrogens (primary N) is 1. The first-order valence-corrected chi connectivity index (χ1v) is 6.96. The standard InChI is InChI=1S/C13H15BrN6O/c1-9-5-18-13(19-6-9)21-8-11(20-15)7-17-10-2-3-16-12(14)4-10/h2-7,13,18H,8,15H2,1H3. The van der Waals surface area contributed by atoms with Gasteiger partial charge in [0, 0.05) is 18.6 Å². The van der Waals surface area contributed by atoms with Crippen molar-refractivity contribution < 1.29 is 4.74 Å². The van der Waals surface area contributed by atoms with Crippen LogP contribution >= 0.6 is 15.9 Å². The second-order valence-corrected chi connectivity index (χ2v) is 5.02. The summed E-state index contributed by atoms with van der Waals surface area (Å²) in [5.74, 6) is 5.33. The molecular formula is C13H15BrN6O. The molecule has 3 N–H and O–H groups in total. The zero-order valence-electron chi connectivity index (χ0n) is 11.4. The molecule has 1 aromatic rings. The van der Waals surface area contributed by atoms with E-state index in [1.165, 1.54) is 0 Å². The van der Waals surface area contributed by atoms with Crippen molar-refractivity contribution in [1.29, 1.82) is 0 Å². The van der Waals surface area contributed by atoms with Crippen LogP contribution in [0.5, 0.6) is 0 Å². The summed E-state index contributed by atoms with van der Waals surface area (Å²) in [7, 11) is 0. The molecule has 0 aromatic carbocycles. The molecule has 0 saturated carbocycles. The Morgan fingerprint density at radius 3 is 3.14 bits per heavy atom. The molecule has 7 nitrogen and oxygen atoms in total. The van der Waals surface area contributed by atoms with Crippen molar-refractivity contribution in [3.63, 3.8) is 0 Å². The van der Waals surface area contributed by atoms with Crippen molar-refractivity contribution in [2.24, 2.45) is 20.9 Å². The first kappa shape index (κ1) is 15.3. The molecule has 0 spiro atoms. The summed E-state index contributed by atoms with van der Waals surface area (Å²) >= 11 is 3.28. The first-order valence-electron chi connectivity index (χ1n) is 6.17. The van der Waals surface area contributed by atoms with E-state index in [0.717, 1.165) is 11.3 Å². The highest BCUT2D eigenvalue weighted by atomic mass is 79.9. The third kappa shape index (κ3) is 5.09. The van der Waals surface area contributed by atoms with E-state index in [0.29, 0.717) is 10.3 Å². The number of hydrogen-bond donors (Lipinski definition) is 2. The van der Waals surface area contributed by atoms with E-state index in [9.17, 15) is 0 Å². The summed E-state index contributed by atoms with van der Waals surface area (Å²) in [4.78, 5) is 12.4. The largest absolute Gasteiger partial charge is 0.347 e. The number of nitrogens with one attached hydrogen (secondary N) is 1. The predicted molar refractivity (Wildman–Crippen MR) is 86.8 cm³/mol. The maximum Gasteiger partial charge on any atom is 0.225 e. The minimum atomic E-state index is -0.436. The van der Waals surface area contributed by atoms with Gasteiger partial charge in [0.25, 0.3) is 0 Å². The van der Waals surface area contributed by atoms with Gasteiger partial charge < -0.3 is 15.9 Å². The molecule has 1 aliphatic rings. The molecule has 2 heterocycles. The van der Waals surface area contributed by atoms with Crippen LogP contribution < -0.4 is 11.2 Å². The highest BCUT2D eigenvalue weighted by molar-refractivity contribution is 9.10. The molecule has 0 amide bonds. The van der Waals surface area contributed by atoms with Gasteiger partial charge in [-0.05, 0) is 40.6 Å². The van der Waals surface area contributed by atoms with Gasteiger partial charge in [0.2, 0.25) is 6.35 Å². The quantitative estimate of drug-likeness (QED) is 0.365. The fraction of sp³-hybridized carbons (Fsp3) is 0.231. The fourth-order valence-corrected chi connectivity index (χ4v) is 1.81. The summed E-state index contributed by atoms with van der Waals surface area (Å²) in [5.41, 5.74) is 2.28. The van der Waals surface area contributed by atoms with Gasteiger partial charge in [-0.3, -0.25) is 4.99 Å². The Balaban J connectivity index is 1.88. The van der Waals surface area contributed by atoms with Crippen LogP contribution in [-0.4, -0.2) is 36.1 Å². The Morgan fingerprint density at radius 2 is 2.48 bits per heavy atom. The highest BCUT2D eigenvalue weighted by Gasteiger charge is 2.08. The van der Waals surface area contributed by atoms with E-state index >= 15 is 0 Å². The number of allylic oxidation sites excluding steroid dienone is 1. The molecule has 21 heavy (non-hydrogen) atoms. The summed E-state index contributed by atoms with van der Waals surface area (Å²) in [6, 6.07) is 3.56. The Kier molecular flexibility index (Phi) is 5.59. The molecule has 0 bridgehead atoms. The van der Waals surface area contributed by atoms with Crippen LogP contribution in [-0.2, 0) is 4.74 Å². The van der Waals surface area contributed by atoms with Crippen LogP contribution in [0, 0.1) is 0 Å². The van der Waals surface area contributed by atoms with Gasteiger partial charge in [-0.15, -0.1) is 0 Å². The molecule has 0 fully saturated rings. The van der Waals surface area contributed by atoms with Gasteiger partial charge in [-0.25, -0.2) is 9.98 Å². The zero-order chi connectivity index (χ0) is 15.1. The van der Waals surface area contributed by atoms with Crippen LogP contribution in [0.4, 0.5) is 5.69 Å². The van der Waals surface area contributed by atoms with Gasteiger partial charge in [0.1, 0.15) is 10.3 Å². The van der Waals surface area contributed by atoms with E-state index in [-0.39, 0.29) is 6.61 Å². The van der Waals surface area contributed by atoms with Crippen molar-refractivity contribution in [3.8, 4) is 0 Å². The number of aliphatic imine (C=N–C) groups is 2. The summed E-state index contributed by atoms with van der Waals surface area (Å²) in [6.07, 6.45) is 6.34. The zero-order valence-corrected chi connectivity index (χ0v) is 13.0. The molecule has 1 aliphatic heterocycles. The van der Waals surface area contributed by atoms with Crippen molar-refractivity contribution in [3.05, 3.63) is 34.7 Å². The third-order valence-electron chi connectivity index (χ3n) is 2.49. The van der Waals surface area contributed by atoms with Gasteiger partial charge in [0.15, 0.2) is 0 Å². The number of pyridine rings is 1. The Labute approximate surface area is 130 Å². The normalized spacial score (nSPS) is 18.7. The smallest absolute Gasteiger partial charge is 0.225 e. The minimum Gasteiger partial charge on any atom is -0.347 e. The molecule has 0 saturated heterocycles. The van der Waals surface area contributed by atoms with E-state index in [4.69, 9.17) is 10.6 Å². The van der Waals surface area contributed by atoms with Gasteiger partial charge in [-0.1, -0.05) is 0 Å². The van der Waals surface area contributed by atoms with E-state index in [1.807, 2.05) is 13.1 Å². The second kappa shape index (κ2) is 7.65. The number of nitrogens with zero attached hydrogens (tertiary/aromatic N) is 4. The molecule has 0 radical (unpaired) electrons. The topological polar surface area (TPSA) is 97.2 Å². The average Bonchev–Trinajstić information content (AvgIpc) is 2.49. The molecule has 1 unspecified atom stereocenters. The Hall–Kier alpha value is -2.06. The average molecular weight is 351 g/mol. The van der Waals surface area contributed by atoms with Crippen LogP contribution in [0.3, 0.4) is 0 Å². The Morgan fingerprint density at radius 1 is 1.62 bits per heavy atom. The molecule has 110 valence electrons. The maximum atomic E-state index is 5.52. The van der Waals surface area contributed by atoms with E-state index < -0.39 is 6.35 Å². The molecule has 1 atom stereocenters. The Bertz CT molecular complexity index is 610. The minimum absolute atomic E-state index is 0.203. The first-order chi connectivity index (χ1) is 10.2. The van der Waals surface area contributed by atoms with Crippen LogP contribution in [0.1, 0.15) is 6.92 Å². The highest BCUT2D eigenvalue weighted by Crippen LogP contribution is 2.15. The predicted octanol–water partition coefficient (Wildman–Crippen LogP) is 1.74. The number of hydrogen-bond acceptors (Lipinski definition) is 7. The van der Waals surface area contributed by atoms with Crippen molar-refractivity contribution in [2.45, 2.75) is 13.3 Å². The third-order valence-corrected chi connectivity index (χ3v) is 2.93. The fourth-order valence-electron chi connectivity index (χ4n) is 1.45. The molecular weight excluding hydrogens is 336 g/mol. The summed E-state index contributed by atoms with van der Waals surface area (Å²) < 4.78 is 6.23. The summed E-state index contributed by atoms with van der Waals surface area (Å²) in [5, 5.41) is 6.64. The van der Waals surface area contributed by atoms with Crippen LogP contribution in [0.25, 0.3) is 0 Å². The van der Waals surface area contributed by atoms with Gasteiger partial charge in [0.05, 0.1) is 18.5 Å². The van der Waals surface area contributed by atoms with Crippen LogP contribution in [0.2, 0.25) is 0 Å². The monoisotopic (exact) mass is 350 g/mol. The molecule has 1 aromatic heterocycles. The lowest BCUT2D eigenvalue weighted by Gasteiger charge is -2.16. The second-order valence-electron chi connectivity index (χ2n) is 4.21. The van der Waals surface area contributed by atoms with Gasteiger partial charge >= 0.3 is 0 Å². The van der Waals surface area contributed by atoms with Crippen molar-refractivity contribution in [1.82, 2.24) is 10.3 Å². The number of rotatable bonds is 5. The van der Waals surface area contributed by atoms with Crippen molar-refractivity contribution >= 4 is 39.8 Å². The van der Waals surface area contributed by atoms with Crippen LogP contribution in [0.15, 0.2) is 49.8 Å². The van der Waals surface area contributed by atoms with Crippen molar-refractivity contribution in [2.75, 3.05) is 6.61 Å². The maximum absolute atomic E-state index is 5.52.